The molecule has 0 aromatic carbocycles. The smallest absolute Gasteiger partial charge is 0.408 e. The average molecular weight is 280 g/mol. The van der Waals surface area contributed by atoms with Crippen LogP contribution in [0.5, 0.6) is 0 Å². The van der Waals surface area contributed by atoms with Crippen LogP contribution in [0.4, 0.5) is 4.79 Å². The lowest BCUT2D eigenvalue weighted by atomic mass is 10.0. The Hall–Kier alpha value is -2.11. The van der Waals surface area contributed by atoms with Crippen molar-refractivity contribution in [3.63, 3.8) is 0 Å². The molecule has 1 atom stereocenters. The van der Waals surface area contributed by atoms with Crippen LogP contribution < -0.4 is 5.32 Å². The number of nitrogens with one attached hydrogen (secondary N) is 1. The Labute approximate surface area is 118 Å². The Morgan fingerprint density at radius 3 is 2.60 bits per heavy atom. The first-order chi connectivity index (χ1) is 9.17. The topological polar surface area (TPSA) is 88.5 Å². The highest BCUT2D eigenvalue weighted by molar-refractivity contribution is 5.72. The van der Waals surface area contributed by atoms with E-state index in [1.165, 1.54) is 0 Å². The van der Waals surface area contributed by atoms with Gasteiger partial charge in [0.2, 0.25) is 0 Å². The molecular weight excluding hydrogens is 260 g/mol. The molecule has 0 aliphatic rings. The lowest BCUT2D eigenvalue weighted by molar-refractivity contribution is -0.137. The summed E-state index contributed by atoms with van der Waals surface area (Å²) in [5, 5.41) is 11.5. The molecule has 0 bridgehead atoms. The number of ether oxygens (including phenoxy) is 1. The minimum atomic E-state index is -1.000. The van der Waals surface area contributed by atoms with Crippen molar-refractivity contribution < 1.29 is 19.4 Å². The van der Waals surface area contributed by atoms with Crippen LogP contribution in [0.3, 0.4) is 0 Å². The van der Waals surface area contributed by atoms with Crippen molar-refractivity contribution in [3.8, 4) is 0 Å². The van der Waals surface area contributed by atoms with Crippen molar-refractivity contribution in [1.82, 2.24) is 10.3 Å². The number of pyridine rings is 1. The molecule has 1 unspecified atom stereocenters. The number of aryl methyl sites for hydroxylation is 1. The number of carbonyl (C=O) groups excluding carboxylic acids is 1. The second-order valence-corrected chi connectivity index (χ2v) is 5.53. The van der Waals surface area contributed by atoms with E-state index in [4.69, 9.17) is 9.84 Å². The van der Waals surface area contributed by atoms with E-state index in [2.05, 4.69) is 10.3 Å². The summed E-state index contributed by atoms with van der Waals surface area (Å²) in [4.78, 5) is 26.7. The molecule has 1 aromatic heterocycles. The number of hydrogen-bond acceptors (Lipinski definition) is 4. The molecule has 20 heavy (non-hydrogen) atoms. The van der Waals surface area contributed by atoms with Crippen molar-refractivity contribution in [3.05, 3.63) is 29.6 Å². The number of carbonyl (C=O) groups is 2. The molecule has 0 aliphatic carbocycles. The number of nitrogens with zero attached hydrogens (tertiary/aromatic N) is 1. The molecule has 0 radical (unpaired) electrons. The van der Waals surface area contributed by atoms with Gasteiger partial charge < -0.3 is 15.2 Å². The predicted octanol–water partition coefficient (Wildman–Crippen LogP) is 2.43. The number of alkyl carbamates (subject to hydrolysis) is 1. The summed E-state index contributed by atoms with van der Waals surface area (Å²) in [6.45, 7) is 7.04. The van der Waals surface area contributed by atoms with Gasteiger partial charge in [0, 0.05) is 11.9 Å². The minimum absolute atomic E-state index is 0.220. The molecule has 6 heteroatoms. The molecule has 1 heterocycles. The van der Waals surface area contributed by atoms with Gasteiger partial charge in [-0.05, 0) is 45.4 Å². The summed E-state index contributed by atoms with van der Waals surface area (Å²) in [6.07, 6.45) is 0.720. The largest absolute Gasteiger partial charge is 0.481 e. The van der Waals surface area contributed by atoms with Crippen molar-refractivity contribution in [2.45, 2.75) is 45.8 Å². The monoisotopic (exact) mass is 280 g/mol. The first-order valence-corrected chi connectivity index (χ1v) is 6.31. The fraction of sp³-hybridized carbons (Fsp3) is 0.500. The van der Waals surface area contributed by atoms with Gasteiger partial charge >= 0.3 is 12.1 Å². The van der Waals surface area contributed by atoms with Gasteiger partial charge in [-0.15, -0.1) is 0 Å². The fourth-order valence-electron chi connectivity index (χ4n) is 1.66. The molecular formula is C14H20N2O4. The zero-order valence-corrected chi connectivity index (χ0v) is 12.1. The SMILES string of the molecule is Cc1cc(C(CC(=O)O)NC(=O)OC(C)(C)C)ccn1. The van der Waals surface area contributed by atoms with E-state index in [9.17, 15) is 9.59 Å². The molecule has 0 saturated heterocycles. The van der Waals surface area contributed by atoms with Crippen LogP contribution in [0.25, 0.3) is 0 Å². The molecule has 0 saturated carbocycles. The normalized spacial score (nSPS) is 12.6. The quantitative estimate of drug-likeness (QED) is 0.884. The lowest BCUT2D eigenvalue weighted by Gasteiger charge is -2.23. The van der Waals surface area contributed by atoms with Gasteiger partial charge in [-0.25, -0.2) is 4.79 Å². The highest BCUT2D eigenvalue weighted by Crippen LogP contribution is 2.18. The van der Waals surface area contributed by atoms with Crippen LogP contribution >= 0.6 is 0 Å². The van der Waals surface area contributed by atoms with Crippen LogP contribution in [0.15, 0.2) is 18.3 Å². The molecule has 2 N–H and O–H groups in total. The molecule has 0 fully saturated rings. The highest BCUT2D eigenvalue weighted by atomic mass is 16.6. The average Bonchev–Trinajstić information content (AvgIpc) is 2.24. The second kappa shape index (κ2) is 6.36. The van der Waals surface area contributed by atoms with Gasteiger partial charge in [0.15, 0.2) is 0 Å². The Morgan fingerprint density at radius 2 is 2.10 bits per heavy atom. The number of amides is 1. The predicted molar refractivity (Wildman–Crippen MR) is 73.3 cm³/mol. The fourth-order valence-corrected chi connectivity index (χ4v) is 1.66. The first kappa shape index (κ1) is 15.9. The van der Waals surface area contributed by atoms with Crippen LogP contribution in [-0.2, 0) is 9.53 Å². The number of aromatic nitrogens is 1. The van der Waals surface area contributed by atoms with E-state index in [-0.39, 0.29) is 6.42 Å². The Bertz CT molecular complexity index is 494. The zero-order chi connectivity index (χ0) is 15.3. The second-order valence-electron chi connectivity index (χ2n) is 5.53. The number of rotatable bonds is 4. The van der Waals surface area contributed by atoms with Gasteiger partial charge in [-0.1, -0.05) is 0 Å². The zero-order valence-electron chi connectivity index (χ0n) is 12.1. The van der Waals surface area contributed by atoms with Gasteiger partial charge in [-0.3, -0.25) is 9.78 Å². The third-order valence-corrected chi connectivity index (χ3v) is 2.39. The summed E-state index contributed by atoms with van der Waals surface area (Å²) in [5.41, 5.74) is 0.807. The molecule has 0 aliphatic heterocycles. The molecule has 1 amide bonds. The van der Waals surface area contributed by atoms with Crippen molar-refractivity contribution in [2.75, 3.05) is 0 Å². The number of carboxylic acids is 1. The van der Waals surface area contributed by atoms with E-state index < -0.39 is 23.7 Å². The van der Waals surface area contributed by atoms with Gasteiger partial charge in [-0.2, -0.15) is 0 Å². The molecule has 110 valence electrons. The van der Waals surface area contributed by atoms with Crippen LogP contribution in [0, 0.1) is 6.92 Å². The number of hydrogen-bond donors (Lipinski definition) is 2. The van der Waals surface area contributed by atoms with Crippen molar-refractivity contribution >= 4 is 12.1 Å². The maximum atomic E-state index is 11.8. The molecule has 0 spiro atoms. The standard InChI is InChI=1S/C14H20N2O4/c1-9-7-10(5-6-15-9)11(8-12(17)18)16-13(19)20-14(2,3)4/h5-7,11H,8H2,1-4H3,(H,16,19)(H,17,18). The van der Waals surface area contributed by atoms with Gasteiger partial charge in [0.1, 0.15) is 5.60 Å². The van der Waals surface area contributed by atoms with E-state index in [1.54, 1.807) is 46.0 Å². The lowest BCUT2D eigenvalue weighted by Crippen LogP contribution is -2.35. The Balaban J connectivity index is 2.85. The van der Waals surface area contributed by atoms with Crippen LogP contribution in [-0.4, -0.2) is 27.8 Å². The third-order valence-electron chi connectivity index (χ3n) is 2.39. The van der Waals surface area contributed by atoms with Crippen LogP contribution in [0.2, 0.25) is 0 Å². The highest BCUT2D eigenvalue weighted by Gasteiger charge is 2.22. The Kier molecular flexibility index (Phi) is 5.07. The van der Waals surface area contributed by atoms with Gasteiger partial charge in [0.05, 0.1) is 12.5 Å². The van der Waals surface area contributed by atoms with Gasteiger partial charge in [0.25, 0.3) is 0 Å². The molecule has 1 rings (SSSR count). The Morgan fingerprint density at radius 1 is 1.45 bits per heavy atom. The summed E-state index contributed by atoms with van der Waals surface area (Å²) in [5.74, 6) is -1.000. The summed E-state index contributed by atoms with van der Waals surface area (Å²) in [7, 11) is 0. The summed E-state index contributed by atoms with van der Waals surface area (Å²) in [6, 6.07) is 2.77. The van der Waals surface area contributed by atoms with Crippen molar-refractivity contribution in [1.29, 1.82) is 0 Å². The number of aliphatic carboxylic acids is 1. The maximum Gasteiger partial charge on any atom is 0.408 e. The summed E-state index contributed by atoms with van der Waals surface area (Å²) >= 11 is 0. The molecule has 1 aromatic rings. The van der Waals surface area contributed by atoms with Crippen LogP contribution in [0.1, 0.15) is 44.5 Å². The van der Waals surface area contributed by atoms with E-state index in [0.29, 0.717) is 5.56 Å². The number of carboxylic acid groups (broad SMARTS) is 1. The minimum Gasteiger partial charge on any atom is -0.481 e. The first-order valence-electron chi connectivity index (χ1n) is 6.31. The van der Waals surface area contributed by atoms with E-state index in [1.807, 2.05) is 0 Å². The molecule has 6 nitrogen and oxygen atoms in total. The maximum absolute atomic E-state index is 11.8. The van der Waals surface area contributed by atoms with Crippen molar-refractivity contribution in [2.24, 2.45) is 0 Å². The third kappa shape index (κ3) is 5.69. The van der Waals surface area contributed by atoms with E-state index in [0.717, 1.165) is 5.69 Å². The summed E-state index contributed by atoms with van der Waals surface area (Å²) < 4.78 is 5.14. The van der Waals surface area contributed by atoms with E-state index >= 15 is 0 Å².